The zero-order valence-corrected chi connectivity index (χ0v) is 10.3. The van der Waals surface area contributed by atoms with E-state index < -0.39 is 0 Å². The zero-order valence-electron chi connectivity index (χ0n) is 10.3. The van der Waals surface area contributed by atoms with Gasteiger partial charge in [0.1, 0.15) is 0 Å². The van der Waals surface area contributed by atoms with Crippen LogP contribution in [0.2, 0.25) is 0 Å². The lowest BCUT2D eigenvalue weighted by molar-refractivity contribution is 0.142. The molecule has 2 nitrogen and oxygen atoms in total. The molecule has 0 saturated heterocycles. The molecule has 0 aliphatic heterocycles. The van der Waals surface area contributed by atoms with Crippen molar-refractivity contribution in [3.8, 4) is 0 Å². The van der Waals surface area contributed by atoms with Gasteiger partial charge in [-0.25, -0.2) is 0 Å². The van der Waals surface area contributed by atoms with Gasteiger partial charge in [0.15, 0.2) is 0 Å². The largest absolute Gasteiger partial charge is 0.330 e. The molecule has 0 amide bonds. The Kier molecular flexibility index (Phi) is 5.34. The molecule has 2 unspecified atom stereocenters. The van der Waals surface area contributed by atoms with Crippen molar-refractivity contribution in [2.24, 2.45) is 11.7 Å². The van der Waals surface area contributed by atoms with Crippen LogP contribution >= 0.6 is 0 Å². The van der Waals surface area contributed by atoms with E-state index in [-0.39, 0.29) is 0 Å². The van der Waals surface area contributed by atoms with Crippen LogP contribution in [0, 0.1) is 5.92 Å². The monoisotopic (exact) mass is 210 g/mol. The van der Waals surface area contributed by atoms with Crippen LogP contribution in [0.15, 0.2) is 12.2 Å². The number of nitrogens with two attached hydrogens (primary N) is 1. The van der Waals surface area contributed by atoms with Gasteiger partial charge in [0.05, 0.1) is 0 Å². The Bertz CT molecular complexity index is 201. The van der Waals surface area contributed by atoms with Gasteiger partial charge in [0.25, 0.3) is 0 Å². The molecule has 2 heteroatoms. The Morgan fingerprint density at radius 3 is 2.67 bits per heavy atom. The second-order valence-corrected chi connectivity index (χ2v) is 4.87. The van der Waals surface area contributed by atoms with Crippen LogP contribution in [0.1, 0.15) is 39.0 Å². The average Bonchev–Trinajstić information content (AvgIpc) is 2.28. The number of hydrogen-bond donors (Lipinski definition) is 1. The lowest BCUT2D eigenvalue weighted by Crippen LogP contribution is -2.43. The van der Waals surface area contributed by atoms with Crippen molar-refractivity contribution >= 4 is 0 Å². The standard InChI is InChI=1S/C13H26N2/c1-4-11(2)10-15(3)13-8-6-5-7-12(13)9-14/h12-13H,2,4-10,14H2,1,3H3. The van der Waals surface area contributed by atoms with Gasteiger partial charge in [-0.1, -0.05) is 31.9 Å². The van der Waals surface area contributed by atoms with Crippen LogP contribution in [-0.2, 0) is 0 Å². The van der Waals surface area contributed by atoms with E-state index in [2.05, 4.69) is 25.5 Å². The van der Waals surface area contributed by atoms with Crippen LogP contribution in [0.5, 0.6) is 0 Å². The lowest BCUT2D eigenvalue weighted by Gasteiger charge is -2.37. The van der Waals surface area contributed by atoms with E-state index >= 15 is 0 Å². The highest BCUT2D eigenvalue weighted by Crippen LogP contribution is 2.27. The highest BCUT2D eigenvalue weighted by Gasteiger charge is 2.26. The maximum atomic E-state index is 5.85. The Labute approximate surface area is 94.5 Å². The fourth-order valence-corrected chi connectivity index (χ4v) is 2.63. The Balaban J connectivity index is 2.47. The topological polar surface area (TPSA) is 29.3 Å². The summed E-state index contributed by atoms with van der Waals surface area (Å²) in [5, 5.41) is 0. The minimum absolute atomic E-state index is 0.687. The van der Waals surface area contributed by atoms with Gasteiger partial charge in [-0.05, 0) is 38.8 Å². The van der Waals surface area contributed by atoms with E-state index in [4.69, 9.17) is 5.73 Å². The normalized spacial score (nSPS) is 26.9. The highest BCUT2D eigenvalue weighted by atomic mass is 15.1. The zero-order chi connectivity index (χ0) is 11.3. The van der Waals surface area contributed by atoms with Crippen LogP contribution in [-0.4, -0.2) is 31.1 Å². The summed E-state index contributed by atoms with van der Waals surface area (Å²) in [7, 11) is 2.22. The van der Waals surface area contributed by atoms with Gasteiger partial charge in [-0.3, -0.25) is 4.90 Å². The molecule has 0 aromatic heterocycles. The van der Waals surface area contributed by atoms with Crippen LogP contribution in [0.4, 0.5) is 0 Å². The summed E-state index contributed by atoms with van der Waals surface area (Å²) in [6.07, 6.45) is 6.44. The first-order chi connectivity index (χ1) is 7.19. The van der Waals surface area contributed by atoms with E-state index in [9.17, 15) is 0 Å². The van der Waals surface area contributed by atoms with E-state index in [1.54, 1.807) is 0 Å². The average molecular weight is 210 g/mol. The first kappa shape index (κ1) is 12.7. The van der Waals surface area contributed by atoms with E-state index in [0.29, 0.717) is 12.0 Å². The number of likely N-dealkylation sites (N-methyl/N-ethyl adjacent to an activating group) is 1. The molecule has 1 aliphatic carbocycles. The minimum atomic E-state index is 0.687. The van der Waals surface area contributed by atoms with Crippen molar-refractivity contribution in [3.63, 3.8) is 0 Å². The Morgan fingerprint density at radius 1 is 1.40 bits per heavy atom. The molecule has 0 spiro atoms. The van der Waals surface area contributed by atoms with Gasteiger partial charge in [-0.2, -0.15) is 0 Å². The van der Waals surface area contributed by atoms with Crippen LogP contribution in [0.3, 0.4) is 0 Å². The summed E-state index contributed by atoms with van der Waals surface area (Å²) in [6, 6.07) is 0.687. The molecule has 1 rings (SSSR count). The molecule has 1 fully saturated rings. The summed E-state index contributed by atoms with van der Waals surface area (Å²) < 4.78 is 0. The molecular weight excluding hydrogens is 184 g/mol. The molecule has 0 radical (unpaired) electrons. The molecule has 1 aliphatic rings. The maximum Gasteiger partial charge on any atom is 0.0190 e. The fraction of sp³-hybridized carbons (Fsp3) is 0.846. The summed E-state index contributed by atoms with van der Waals surface area (Å²) in [4.78, 5) is 2.46. The van der Waals surface area contributed by atoms with Gasteiger partial charge in [0, 0.05) is 12.6 Å². The van der Waals surface area contributed by atoms with Crippen molar-refractivity contribution in [1.29, 1.82) is 0 Å². The minimum Gasteiger partial charge on any atom is -0.330 e. The SMILES string of the molecule is C=C(CC)CN(C)C1CCCCC1CN. The van der Waals surface area contributed by atoms with Gasteiger partial charge >= 0.3 is 0 Å². The fourth-order valence-electron chi connectivity index (χ4n) is 2.63. The third kappa shape index (κ3) is 3.62. The van der Waals surface area contributed by atoms with Gasteiger partial charge in [0.2, 0.25) is 0 Å². The molecule has 0 bridgehead atoms. The quantitative estimate of drug-likeness (QED) is 0.706. The molecular formula is C13H26N2. The highest BCUT2D eigenvalue weighted by molar-refractivity contribution is 4.97. The van der Waals surface area contributed by atoms with Crippen molar-refractivity contribution < 1.29 is 0 Å². The third-order valence-electron chi connectivity index (χ3n) is 3.71. The molecule has 2 N–H and O–H groups in total. The van der Waals surface area contributed by atoms with Crippen LogP contribution in [0.25, 0.3) is 0 Å². The van der Waals surface area contributed by atoms with Gasteiger partial charge in [-0.15, -0.1) is 0 Å². The Morgan fingerprint density at radius 2 is 2.07 bits per heavy atom. The van der Waals surface area contributed by atoms with Crippen LogP contribution < -0.4 is 5.73 Å². The lowest BCUT2D eigenvalue weighted by atomic mass is 9.83. The first-order valence-corrected chi connectivity index (χ1v) is 6.26. The molecule has 0 aromatic carbocycles. The van der Waals surface area contributed by atoms with Crippen molar-refractivity contribution in [1.82, 2.24) is 4.90 Å². The molecule has 15 heavy (non-hydrogen) atoms. The molecule has 2 atom stereocenters. The second-order valence-electron chi connectivity index (χ2n) is 4.87. The predicted octanol–water partition coefficient (Wildman–Crippen LogP) is 2.40. The summed E-state index contributed by atoms with van der Waals surface area (Å²) >= 11 is 0. The summed E-state index contributed by atoms with van der Waals surface area (Å²) in [5.74, 6) is 0.702. The Hall–Kier alpha value is -0.340. The van der Waals surface area contributed by atoms with Crippen molar-refractivity contribution in [2.75, 3.05) is 20.1 Å². The van der Waals surface area contributed by atoms with E-state index in [0.717, 1.165) is 19.5 Å². The second kappa shape index (κ2) is 6.29. The molecule has 0 heterocycles. The smallest absolute Gasteiger partial charge is 0.0190 e. The summed E-state index contributed by atoms with van der Waals surface area (Å²) in [5.41, 5.74) is 7.18. The van der Waals surface area contributed by atoms with Crippen molar-refractivity contribution in [2.45, 2.75) is 45.1 Å². The summed E-state index contributed by atoms with van der Waals surface area (Å²) in [6.45, 7) is 8.14. The third-order valence-corrected chi connectivity index (χ3v) is 3.71. The number of rotatable bonds is 5. The number of nitrogens with zero attached hydrogens (tertiary/aromatic N) is 1. The predicted molar refractivity (Wildman–Crippen MR) is 66.9 cm³/mol. The van der Waals surface area contributed by atoms with Gasteiger partial charge < -0.3 is 5.73 Å². The molecule has 1 saturated carbocycles. The molecule has 0 aromatic rings. The van der Waals surface area contributed by atoms with Crippen molar-refractivity contribution in [3.05, 3.63) is 12.2 Å². The van der Waals surface area contributed by atoms with E-state index in [1.807, 2.05) is 0 Å². The first-order valence-electron chi connectivity index (χ1n) is 6.26. The maximum absolute atomic E-state index is 5.85. The number of hydrogen-bond acceptors (Lipinski definition) is 2. The molecule has 88 valence electrons. The van der Waals surface area contributed by atoms with E-state index in [1.165, 1.54) is 31.3 Å².